The molecular formula is C23H18N6O3S. The second-order valence-corrected chi connectivity index (χ2v) is 9.17. The molecule has 164 valence electrons. The van der Waals surface area contributed by atoms with Gasteiger partial charge in [0.2, 0.25) is 20.8 Å². The highest BCUT2D eigenvalue weighted by Crippen LogP contribution is 2.29. The maximum atomic E-state index is 13.2. The Balaban J connectivity index is 1.64. The zero-order valence-electron chi connectivity index (χ0n) is 17.4. The SMILES string of the molecule is CC(=O)Nc1ccc(Nc2nc3c(S(=O)(=O)c4ccccc4)nnn3c3ccccc23)cc1. The summed E-state index contributed by atoms with van der Waals surface area (Å²) in [5.41, 5.74) is 2.15. The van der Waals surface area contributed by atoms with E-state index in [2.05, 4.69) is 25.9 Å². The van der Waals surface area contributed by atoms with E-state index in [1.165, 1.54) is 23.6 Å². The monoisotopic (exact) mass is 458 g/mol. The summed E-state index contributed by atoms with van der Waals surface area (Å²) in [7, 11) is -3.92. The molecule has 0 saturated heterocycles. The van der Waals surface area contributed by atoms with Crippen molar-refractivity contribution in [2.75, 3.05) is 10.6 Å². The number of nitrogens with one attached hydrogen (secondary N) is 2. The molecule has 0 aliphatic heterocycles. The number of nitrogens with zero attached hydrogens (tertiary/aromatic N) is 4. The van der Waals surface area contributed by atoms with E-state index in [1.54, 1.807) is 42.5 Å². The predicted octanol–water partition coefficient (Wildman–Crippen LogP) is 3.81. The summed E-state index contributed by atoms with van der Waals surface area (Å²) in [5, 5.41) is 14.5. The third kappa shape index (κ3) is 3.76. The molecule has 0 bridgehead atoms. The lowest BCUT2D eigenvalue weighted by atomic mass is 10.2. The van der Waals surface area contributed by atoms with Crippen molar-refractivity contribution < 1.29 is 13.2 Å². The Morgan fingerprint density at radius 1 is 0.879 bits per heavy atom. The molecule has 0 aliphatic rings. The first-order chi connectivity index (χ1) is 15.9. The van der Waals surface area contributed by atoms with Gasteiger partial charge in [0.25, 0.3) is 0 Å². The summed E-state index contributed by atoms with van der Waals surface area (Å²) < 4.78 is 27.9. The van der Waals surface area contributed by atoms with E-state index in [0.717, 1.165) is 5.39 Å². The topological polar surface area (TPSA) is 118 Å². The van der Waals surface area contributed by atoms with Crippen LogP contribution in [0, 0.1) is 0 Å². The quantitative estimate of drug-likeness (QED) is 0.411. The van der Waals surface area contributed by atoms with Crippen molar-refractivity contribution in [3.05, 3.63) is 78.9 Å². The van der Waals surface area contributed by atoms with Crippen LogP contribution in [0.1, 0.15) is 6.92 Å². The van der Waals surface area contributed by atoms with Crippen LogP contribution in [0.25, 0.3) is 16.6 Å². The Morgan fingerprint density at radius 2 is 1.55 bits per heavy atom. The number of sulfone groups is 1. The smallest absolute Gasteiger partial charge is 0.229 e. The van der Waals surface area contributed by atoms with Crippen LogP contribution >= 0.6 is 0 Å². The van der Waals surface area contributed by atoms with Crippen LogP contribution in [0.4, 0.5) is 17.2 Å². The number of hydrogen-bond donors (Lipinski definition) is 2. The zero-order chi connectivity index (χ0) is 23.0. The molecule has 0 saturated carbocycles. The summed E-state index contributed by atoms with van der Waals surface area (Å²) in [5.74, 6) is 0.298. The van der Waals surface area contributed by atoms with Gasteiger partial charge in [0.1, 0.15) is 5.82 Å². The van der Waals surface area contributed by atoms with Gasteiger partial charge in [0.05, 0.1) is 10.4 Å². The molecule has 33 heavy (non-hydrogen) atoms. The van der Waals surface area contributed by atoms with Crippen LogP contribution in [0.2, 0.25) is 0 Å². The first-order valence-electron chi connectivity index (χ1n) is 10.0. The highest BCUT2D eigenvalue weighted by atomic mass is 32.2. The molecule has 2 N–H and O–H groups in total. The zero-order valence-corrected chi connectivity index (χ0v) is 18.2. The molecular weight excluding hydrogens is 440 g/mol. The van der Waals surface area contributed by atoms with Gasteiger partial charge in [-0.2, -0.15) is 4.52 Å². The minimum atomic E-state index is -3.92. The van der Waals surface area contributed by atoms with Crippen molar-refractivity contribution in [1.82, 2.24) is 19.8 Å². The van der Waals surface area contributed by atoms with E-state index < -0.39 is 9.84 Å². The summed E-state index contributed by atoms with van der Waals surface area (Å²) >= 11 is 0. The average molecular weight is 459 g/mol. The molecule has 3 aromatic carbocycles. The lowest BCUT2D eigenvalue weighted by Gasteiger charge is -2.11. The first-order valence-corrected chi connectivity index (χ1v) is 11.5. The van der Waals surface area contributed by atoms with E-state index >= 15 is 0 Å². The fourth-order valence-corrected chi connectivity index (χ4v) is 4.76. The Morgan fingerprint density at radius 3 is 2.27 bits per heavy atom. The van der Waals surface area contributed by atoms with Crippen LogP contribution in [0.3, 0.4) is 0 Å². The van der Waals surface area contributed by atoms with Gasteiger partial charge < -0.3 is 10.6 Å². The molecule has 0 unspecified atom stereocenters. The summed E-state index contributed by atoms with van der Waals surface area (Å²) in [4.78, 5) is 16.0. The lowest BCUT2D eigenvalue weighted by molar-refractivity contribution is -0.114. The number of carbonyl (C=O) groups is 1. The highest BCUT2D eigenvalue weighted by molar-refractivity contribution is 7.91. The number of fused-ring (bicyclic) bond motifs is 3. The lowest BCUT2D eigenvalue weighted by Crippen LogP contribution is -2.06. The Bertz CT molecular complexity index is 1600. The van der Waals surface area contributed by atoms with E-state index in [9.17, 15) is 13.2 Å². The first kappa shape index (κ1) is 20.6. The molecule has 2 aromatic heterocycles. The number of benzene rings is 3. The Hall–Kier alpha value is -4.31. The van der Waals surface area contributed by atoms with Gasteiger partial charge in [-0.15, -0.1) is 5.10 Å². The van der Waals surface area contributed by atoms with Crippen molar-refractivity contribution in [1.29, 1.82) is 0 Å². The summed E-state index contributed by atoms with van der Waals surface area (Å²) in [6, 6.07) is 22.6. The second-order valence-electron chi connectivity index (χ2n) is 7.31. The van der Waals surface area contributed by atoms with Crippen molar-refractivity contribution in [2.24, 2.45) is 0 Å². The van der Waals surface area contributed by atoms with Crippen LogP contribution in [-0.4, -0.2) is 34.1 Å². The van der Waals surface area contributed by atoms with E-state index in [0.29, 0.717) is 22.7 Å². The van der Waals surface area contributed by atoms with E-state index in [4.69, 9.17) is 0 Å². The number of aromatic nitrogens is 4. The van der Waals surface area contributed by atoms with Crippen molar-refractivity contribution >= 4 is 49.5 Å². The minimum Gasteiger partial charge on any atom is -0.340 e. The van der Waals surface area contributed by atoms with E-state index in [1.807, 2.05) is 24.3 Å². The number of rotatable bonds is 5. The normalized spacial score (nSPS) is 11.5. The van der Waals surface area contributed by atoms with Gasteiger partial charge in [-0.05, 0) is 48.5 Å². The Labute approximate surface area is 189 Å². The number of carbonyl (C=O) groups excluding carboxylic acids is 1. The number of amides is 1. The summed E-state index contributed by atoms with van der Waals surface area (Å²) in [6.07, 6.45) is 0. The standard InChI is InChI=1S/C23H18N6O3S/c1-15(30)24-16-11-13-17(14-12-16)25-21-19-9-5-6-10-20(19)29-22(26-21)23(27-28-29)33(31,32)18-7-3-2-4-8-18/h2-14H,1H3,(H,24,30)(H,25,26). The maximum absolute atomic E-state index is 13.2. The van der Waals surface area contributed by atoms with Crippen LogP contribution in [0.15, 0.2) is 88.8 Å². The molecule has 0 radical (unpaired) electrons. The Kier molecular flexibility index (Phi) is 4.98. The van der Waals surface area contributed by atoms with Gasteiger partial charge in [-0.3, -0.25) is 4.79 Å². The number of para-hydroxylation sites is 1. The number of hydrogen-bond acceptors (Lipinski definition) is 7. The maximum Gasteiger partial charge on any atom is 0.229 e. The molecule has 10 heteroatoms. The van der Waals surface area contributed by atoms with Gasteiger partial charge in [-0.25, -0.2) is 13.4 Å². The van der Waals surface area contributed by atoms with Gasteiger partial charge >= 0.3 is 0 Å². The van der Waals surface area contributed by atoms with Crippen molar-refractivity contribution in [3.8, 4) is 0 Å². The molecule has 1 amide bonds. The molecule has 9 nitrogen and oxygen atoms in total. The van der Waals surface area contributed by atoms with Crippen molar-refractivity contribution in [2.45, 2.75) is 16.8 Å². The fraction of sp³-hybridized carbons (Fsp3) is 0.0435. The number of anilines is 3. The summed E-state index contributed by atoms with van der Waals surface area (Å²) in [6.45, 7) is 1.44. The van der Waals surface area contributed by atoms with E-state index in [-0.39, 0.29) is 21.5 Å². The van der Waals surface area contributed by atoms with Gasteiger partial charge in [0.15, 0.2) is 5.65 Å². The molecule has 0 atom stereocenters. The molecule has 0 aliphatic carbocycles. The third-order valence-corrected chi connectivity index (χ3v) is 6.66. The molecule has 0 spiro atoms. The fourth-order valence-electron chi connectivity index (χ4n) is 3.50. The van der Waals surface area contributed by atoms with Crippen LogP contribution in [-0.2, 0) is 14.6 Å². The van der Waals surface area contributed by atoms with Crippen LogP contribution < -0.4 is 10.6 Å². The second kappa shape index (κ2) is 7.99. The van der Waals surface area contributed by atoms with Crippen molar-refractivity contribution in [3.63, 3.8) is 0 Å². The molecule has 5 aromatic rings. The molecule has 2 heterocycles. The molecule has 5 rings (SSSR count). The predicted molar refractivity (Wildman–Crippen MR) is 124 cm³/mol. The highest BCUT2D eigenvalue weighted by Gasteiger charge is 2.27. The third-order valence-electron chi connectivity index (χ3n) is 5.00. The van der Waals surface area contributed by atoms with Crippen LogP contribution in [0.5, 0.6) is 0 Å². The van der Waals surface area contributed by atoms with Gasteiger partial charge in [0, 0.05) is 23.7 Å². The largest absolute Gasteiger partial charge is 0.340 e. The molecule has 0 fully saturated rings. The minimum absolute atomic E-state index is 0.116. The average Bonchev–Trinajstić information content (AvgIpc) is 3.26. The van der Waals surface area contributed by atoms with Gasteiger partial charge in [-0.1, -0.05) is 35.5 Å².